The molecule has 0 spiro atoms. The lowest BCUT2D eigenvalue weighted by Gasteiger charge is -2.09. The Morgan fingerprint density at radius 1 is 0.392 bits per heavy atom. The molecule has 51 heavy (non-hydrogen) atoms. The van der Waals surface area contributed by atoms with Gasteiger partial charge in [-0.15, -0.1) is 0 Å². The summed E-state index contributed by atoms with van der Waals surface area (Å²) in [6.07, 6.45) is 0. The van der Waals surface area contributed by atoms with Crippen molar-refractivity contribution in [1.29, 1.82) is 0 Å². The molecule has 0 saturated heterocycles. The van der Waals surface area contributed by atoms with Crippen LogP contribution in [0.4, 0.5) is 0 Å². The van der Waals surface area contributed by atoms with E-state index in [1.807, 2.05) is 36.4 Å². The van der Waals surface area contributed by atoms with Crippen LogP contribution in [-0.4, -0.2) is 19.1 Å². The molecule has 11 aromatic rings. The number of para-hydroxylation sites is 3. The van der Waals surface area contributed by atoms with Crippen molar-refractivity contribution in [2.24, 2.45) is 0 Å². The van der Waals surface area contributed by atoms with Crippen molar-refractivity contribution >= 4 is 65.7 Å². The SMILES string of the molecule is c1ccc(-c2nc(-c3ccccc3)c3oc4ccc(-n5c6ccccc6c6cc7c(cc65)c5ccccc5n7-c5ccccc5)cc4c3n2)cc1. The average molecular weight is 653 g/mol. The lowest BCUT2D eigenvalue weighted by atomic mass is 10.1. The number of hydrogen-bond acceptors (Lipinski definition) is 3. The molecule has 0 bridgehead atoms. The summed E-state index contributed by atoms with van der Waals surface area (Å²) in [6.45, 7) is 0. The van der Waals surface area contributed by atoms with Crippen LogP contribution in [0.5, 0.6) is 0 Å². The Balaban J connectivity index is 1.21. The van der Waals surface area contributed by atoms with Crippen LogP contribution in [-0.2, 0) is 0 Å². The van der Waals surface area contributed by atoms with Gasteiger partial charge in [0.1, 0.15) is 16.8 Å². The summed E-state index contributed by atoms with van der Waals surface area (Å²) >= 11 is 0. The smallest absolute Gasteiger partial charge is 0.180 e. The van der Waals surface area contributed by atoms with E-state index in [2.05, 4.69) is 143 Å². The first-order valence-corrected chi connectivity index (χ1v) is 17.2. The van der Waals surface area contributed by atoms with Crippen molar-refractivity contribution < 1.29 is 4.42 Å². The zero-order chi connectivity index (χ0) is 33.5. The molecule has 0 saturated carbocycles. The van der Waals surface area contributed by atoms with Gasteiger partial charge in [0.05, 0.1) is 22.1 Å². The van der Waals surface area contributed by atoms with E-state index in [4.69, 9.17) is 14.4 Å². The Hall–Kier alpha value is -6.98. The highest BCUT2D eigenvalue weighted by molar-refractivity contribution is 6.19. The fourth-order valence-corrected chi connectivity index (χ4v) is 7.84. The van der Waals surface area contributed by atoms with Gasteiger partial charge in [-0.1, -0.05) is 115 Å². The number of nitrogens with zero attached hydrogens (tertiary/aromatic N) is 4. The van der Waals surface area contributed by atoms with Gasteiger partial charge >= 0.3 is 0 Å². The second-order valence-corrected chi connectivity index (χ2v) is 13.0. The quantitative estimate of drug-likeness (QED) is 0.190. The second kappa shape index (κ2) is 10.8. The maximum absolute atomic E-state index is 6.59. The van der Waals surface area contributed by atoms with E-state index in [0.717, 1.165) is 55.7 Å². The van der Waals surface area contributed by atoms with Crippen LogP contribution in [0.15, 0.2) is 174 Å². The molecule has 0 aliphatic carbocycles. The molecule has 5 heteroatoms. The minimum absolute atomic E-state index is 0.670. The number of benzene rings is 7. The lowest BCUT2D eigenvalue weighted by molar-refractivity contribution is 0.667. The summed E-state index contributed by atoms with van der Waals surface area (Å²) in [4.78, 5) is 10.2. The summed E-state index contributed by atoms with van der Waals surface area (Å²) in [5, 5.41) is 5.80. The summed E-state index contributed by atoms with van der Waals surface area (Å²) < 4.78 is 11.4. The van der Waals surface area contributed by atoms with Gasteiger partial charge in [-0.2, -0.15) is 0 Å². The fourth-order valence-electron chi connectivity index (χ4n) is 7.84. The molecular weight excluding hydrogens is 625 g/mol. The normalized spacial score (nSPS) is 11.9. The van der Waals surface area contributed by atoms with E-state index in [-0.39, 0.29) is 0 Å². The molecule has 0 aliphatic heterocycles. The van der Waals surface area contributed by atoms with Crippen molar-refractivity contribution in [1.82, 2.24) is 19.1 Å². The maximum atomic E-state index is 6.59. The zero-order valence-corrected chi connectivity index (χ0v) is 27.4. The molecule has 7 aromatic carbocycles. The lowest BCUT2D eigenvalue weighted by Crippen LogP contribution is -1.95. The molecule has 0 amide bonds. The summed E-state index contributed by atoms with van der Waals surface area (Å²) in [5.41, 5.74) is 11.9. The average Bonchev–Trinajstić information content (AvgIpc) is 3.84. The van der Waals surface area contributed by atoms with E-state index in [9.17, 15) is 0 Å². The van der Waals surface area contributed by atoms with Crippen LogP contribution in [0.25, 0.3) is 99.7 Å². The van der Waals surface area contributed by atoms with Crippen molar-refractivity contribution in [3.05, 3.63) is 170 Å². The van der Waals surface area contributed by atoms with Gasteiger partial charge in [0.25, 0.3) is 0 Å². The van der Waals surface area contributed by atoms with Crippen molar-refractivity contribution in [2.75, 3.05) is 0 Å². The third-order valence-corrected chi connectivity index (χ3v) is 10.1. The minimum Gasteiger partial charge on any atom is -0.452 e. The third-order valence-electron chi connectivity index (χ3n) is 10.1. The second-order valence-electron chi connectivity index (χ2n) is 13.0. The monoisotopic (exact) mass is 652 g/mol. The Morgan fingerprint density at radius 3 is 1.59 bits per heavy atom. The van der Waals surface area contributed by atoms with Crippen LogP contribution < -0.4 is 0 Å². The third kappa shape index (κ3) is 4.15. The summed E-state index contributed by atoms with van der Waals surface area (Å²) in [6, 6.07) is 59.6. The predicted molar refractivity (Wildman–Crippen MR) is 209 cm³/mol. The predicted octanol–water partition coefficient (Wildman–Crippen LogP) is 11.9. The first-order valence-electron chi connectivity index (χ1n) is 17.2. The number of rotatable bonds is 4. The molecule has 238 valence electrons. The largest absolute Gasteiger partial charge is 0.452 e. The van der Waals surface area contributed by atoms with Crippen LogP contribution in [0.2, 0.25) is 0 Å². The summed E-state index contributed by atoms with van der Waals surface area (Å²) in [5.74, 6) is 0.670. The van der Waals surface area contributed by atoms with Crippen LogP contribution in [0.1, 0.15) is 0 Å². The fraction of sp³-hybridized carbons (Fsp3) is 0. The van der Waals surface area contributed by atoms with Gasteiger partial charge in [-0.25, -0.2) is 9.97 Å². The van der Waals surface area contributed by atoms with E-state index in [1.54, 1.807) is 0 Å². The zero-order valence-electron chi connectivity index (χ0n) is 27.4. The van der Waals surface area contributed by atoms with Gasteiger partial charge in [0, 0.05) is 49.4 Å². The summed E-state index contributed by atoms with van der Waals surface area (Å²) in [7, 11) is 0. The molecule has 11 rings (SSSR count). The molecule has 0 aliphatic rings. The molecule has 5 nitrogen and oxygen atoms in total. The standard InChI is InChI=1S/C46H28N4O/c1-4-14-29(15-5-1)43-45-44(48-46(47-43)30-16-6-2-7-17-30)37-26-32(24-25-42(37)51-45)50-39-23-13-11-21-34(39)36-27-40-35(28-41(36)50)33-20-10-12-22-38(33)49(40)31-18-8-3-9-19-31/h1-28H. The Kier molecular flexibility index (Phi) is 5.89. The first kappa shape index (κ1) is 27.9. The van der Waals surface area contributed by atoms with Crippen molar-refractivity contribution in [2.45, 2.75) is 0 Å². The number of furan rings is 1. The highest BCUT2D eigenvalue weighted by Gasteiger charge is 2.21. The molecule has 0 atom stereocenters. The topological polar surface area (TPSA) is 48.8 Å². The molecule has 0 unspecified atom stereocenters. The van der Waals surface area contributed by atoms with E-state index < -0.39 is 0 Å². The minimum atomic E-state index is 0.670. The van der Waals surface area contributed by atoms with Gasteiger partial charge in [0.15, 0.2) is 11.4 Å². The van der Waals surface area contributed by atoms with Crippen molar-refractivity contribution in [3.63, 3.8) is 0 Å². The first-order chi connectivity index (χ1) is 25.3. The molecule has 0 radical (unpaired) electrons. The van der Waals surface area contributed by atoms with Gasteiger partial charge < -0.3 is 13.6 Å². The molecule has 4 heterocycles. The molecular formula is C46H28N4O. The van der Waals surface area contributed by atoms with Crippen LogP contribution in [0.3, 0.4) is 0 Å². The molecule has 0 N–H and O–H groups in total. The highest BCUT2D eigenvalue weighted by Crippen LogP contribution is 2.41. The van der Waals surface area contributed by atoms with E-state index in [1.165, 1.54) is 32.6 Å². The number of hydrogen-bond donors (Lipinski definition) is 0. The van der Waals surface area contributed by atoms with E-state index >= 15 is 0 Å². The van der Waals surface area contributed by atoms with Crippen LogP contribution >= 0.6 is 0 Å². The van der Waals surface area contributed by atoms with Gasteiger partial charge in [-0.3, -0.25) is 0 Å². The molecule has 0 fully saturated rings. The maximum Gasteiger partial charge on any atom is 0.180 e. The van der Waals surface area contributed by atoms with Crippen molar-refractivity contribution in [3.8, 4) is 34.0 Å². The van der Waals surface area contributed by atoms with E-state index in [0.29, 0.717) is 11.4 Å². The molecule has 4 aromatic heterocycles. The Morgan fingerprint density at radius 2 is 0.941 bits per heavy atom. The van der Waals surface area contributed by atoms with Crippen LogP contribution in [0, 0.1) is 0 Å². The van der Waals surface area contributed by atoms with Gasteiger partial charge in [0.2, 0.25) is 0 Å². The Labute approximate surface area is 292 Å². The van der Waals surface area contributed by atoms with Gasteiger partial charge in [-0.05, 0) is 54.6 Å². The Bertz CT molecular complexity index is 3120. The highest BCUT2D eigenvalue weighted by atomic mass is 16.3. The number of fused-ring (bicyclic) bond motifs is 9. The number of aromatic nitrogens is 4.